The lowest BCUT2D eigenvalue weighted by Gasteiger charge is -2.30. The Kier molecular flexibility index (Phi) is 7.55. The average Bonchev–Trinajstić information content (AvgIpc) is 2.85. The monoisotopic (exact) mass is 443 g/mol. The number of rotatable bonds is 7. The Bertz CT molecular complexity index is 1020. The van der Waals surface area contributed by atoms with E-state index in [1.54, 1.807) is 0 Å². The van der Waals surface area contributed by atoms with Gasteiger partial charge < -0.3 is 15.5 Å². The molecule has 4 rings (SSSR count). The molecule has 1 aliphatic heterocycles. The zero-order valence-corrected chi connectivity index (χ0v) is 19.6. The summed E-state index contributed by atoms with van der Waals surface area (Å²) in [5.41, 5.74) is 4.59. The van der Waals surface area contributed by atoms with Crippen molar-refractivity contribution in [1.29, 1.82) is 0 Å². The van der Waals surface area contributed by atoms with Crippen LogP contribution < -0.4 is 15.5 Å². The number of urea groups is 1. The molecule has 33 heavy (non-hydrogen) atoms. The van der Waals surface area contributed by atoms with Crippen LogP contribution in [0.2, 0.25) is 0 Å². The lowest BCUT2D eigenvalue weighted by molar-refractivity contribution is 0.262. The number of nitrogens with zero attached hydrogens (tertiary/aromatic N) is 3. The van der Waals surface area contributed by atoms with E-state index in [1.165, 1.54) is 31.2 Å². The minimum absolute atomic E-state index is 0.260. The second kappa shape index (κ2) is 10.9. The Hall–Kier alpha value is -3.41. The molecule has 0 atom stereocenters. The fourth-order valence-electron chi connectivity index (χ4n) is 4.04. The smallest absolute Gasteiger partial charge is 0.323 e. The summed E-state index contributed by atoms with van der Waals surface area (Å²) in [6.45, 7) is 6.58. The summed E-state index contributed by atoms with van der Waals surface area (Å²) >= 11 is 0. The molecule has 172 valence electrons. The number of unbranched alkanes of at least 4 members (excludes halogenated alkanes) is 1. The third kappa shape index (κ3) is 6.31. The van der Waals surface area contributed by atoms with Crippen LogP contribution in [0.15, 0.2) is 60.7 Å². The summed E-state index contributed by atoms with van der Waals surface area (Å²) in [6, 6.07) is 19.5. The van der Waals surface area contributed by atoms with E-state index in [4.69, 9.17) is 0 Å². The first-order valence-corrected chi connectivity index (χ1v) is 12.0. The van der Waals surface area contributed by atoms with Crippen molar-refractivity contribution in [2.75, 3.05) is 28.6 Å². The molecule has 3 aromatic rings. The van der Waals surface area contributed by atoms with Crippen molar-refractivity contribution >= 4 is 23.2 Å². The predicted octanol–water partition coefficient (Wildman–Crippen LogP) is 6.37. The van der Waals surface area contributed by atoms with Gasteiger partial charge in [-0.05, 0) is 73.6 Å². The van der Waals surface area contributed by atoms with Gasteiger partial charge in [-0.25, -0.2) is 4.79 Å². The summed E-state index contributed by atoms with van der Waals surface area (Å²) in [5, 5.41) is 14.6. The highest BCUT2D eigenvalue weighted by atomic mass is 16.2. The highest BCUT2D eigenvalue weighted by Crippen LogP contribution is 2.24. The van der Waals surface area contributed by atoms with Crippen LogP contribution in [0.3, 0.4) is 0 Å². The summed E-state index contributed by atoms with van der Waals surface area (Å²) in [6.07, 6.45) is 5.83. The maximum absolute atomic E-state index is 12.4. The Balaban J connectivity index is 1.31. The molecule has 2 N–H and O–H groups in total. The lowest BCUT2D eigenvalue weighted by atomic mass is 9.99. The minimum atomic E-state index is -0.260. The maximum atomic E-state index is 12.4. The number of carbonyl (C=O) groups is 1. The third-order valence-corrected chi connectivity index (χ3v) is 6.23. The van der Waals surface area contributed by atoms with Crippen LogP contribution in [0.25, 0.3) is 11.3 Å². The van der Waals surface area contributed by atoms with Gasteiger partial charge in [-0.2, -0.15) is 0 Å². The van der Waals surface area contributed by atoms with Crippen LogP contribution in [-0.2, 0) is 6.42 Å². The van der Waals surface area contributed by atoms with Gasteiger partial charge in [0, 0.05) is 30.0 Å². The number of aromatic nitrogens is 2. The van der Waals surface area contributed by atoms with Gasteiger partial charge in [0.15, 0.2) is 5.82 Å². The summed E-state index contributed by atoms with van der Waals surface area (Å²) < 4.78 is 0. The van der Waals surface area contributed by atoms with Crippen LogP contribution in [-0.4, -0.2) is 29.3 Å². The van der Waals surface area contributed by atoms with E-state index < -0.39 is 0 Å². The van der Waals surface area contributed by atoms with E-state index in [-0.39, 0.29) is 6.03 Å². The van der Waals surface area contributed by atoms with Crippen LogP contribution >= 0.6 is 0 Å². The van der Waals surface area contributed by atoms with E-state index in [0.29, 0.717) is 0 Å². The Morgan fingerprint density at radius 2 is 1.55 bits per heavy atom. The molecule has 2 heterocycles. The molecule has 1 aromatic heterocycles. The Labute approximate surface area is 196 Å². The first-order chi connectivity index (χ1) is 16.1. The van der Waals surface area contributed by atoms with Crippen molar-refractivity contribution in [3.8, 4) is 11.3 Å². The van der Waals surface area contributed by atoms with Gasteiger partial charge in [-0.1, -0.05) is 44.5 Å². The van der Waals surface area contributed by atoms with Crippen molar-refractivity contribution in [3.63, 3.8) is 0 Å². The molecule has 6 nitrogen and oxygen atoms in total. The third-order valence-electron chi connectivity index (χ3n) is 6.23. The molecule has 2 amide bonds. The zero-order valence-electron chi connectivity index (χ0n) is 19.6. The molecule has 0 bridgehead atoms. The molecule has 1 fully saturated rings. The predicted molar refractivity (Wildman–Crippen MR) is 136 cm³/mol. The maximum Gasteiger partial charge on any atom is 0.323 e. The molecule has 2 aromatic carbocycles. The molecule has 1 saturated heterocycles. The van der Waals surface area contributed by atoms with Crippen molar-refractivity contribution in [2.24, 2.45) is 5.92 Å². The highest BCUT2D eigenvalue weighted by Gasteiger charge is 2.17. The average molecular weight is 444 g/mol. The molecular weight excluding hydrogens is 410 g/mol. The zero-order chi connectivity index (χ0) is 23.0. The van der Waals surface area contributed by atoms with Crippen molar-refractivity contribution < 1.29 is 4.79 Å². The largest absolute Gasteiger partial charge is 0.355 e. The van der Waals surface area contributed by atoms with Gasteiger partial charge in [0.25, 0.3) is 0 Å². The first-order valence-electron chi connectivity index (χ1n) is 12.0. The molecule has 0 unspecified atom stereocenters. The van der Waals surface area contributed by atoms with Gasteiger partial charge in [0.2, 0.25) is 0 Å². The molecular formula is C27H33N5O. The number of hydrogen-bond acceptors (Lipinski definition) is 4. The SMILES string of the molecule is CCCCc1ccc(NC(=O)Nc2ccc(-c3ccc(N4CCC(C)CC4)nn3)cc2)cc1. The van der Waals surface area contributed by atoms with Crippen LogP contribution in [0.1, 0.15) is 45.1 Å². The highest BCUT2D eigenvalue weighted by molar-refractivity contribution is 5.99. The van der Waals surface area contributed by atoms with E-state index in [1.807, 2.05) is 48.5 Å². The van der Waals surface area contributed by atoms with Crippen molar-refractivity contribution in [3.05, 3.63) is 66.2 Å². The summed E-state index contributed by atoms with van der Waals surface area (Å²) in [7, 11) is 0. The van der Waals surface area contributed by atoms with E-state index in [0.717, 1.165) is 53.9 Å². The lowest BCUT2D eigenvalue weighted by Crippen LogP contribution is -2.33. The van der Waals surface area contributed by atoms with Gasteiger partial charge >= 0.3 is 6.03 Å². The standard InChI is InChI=1S/C27H33N5O/c1-3-4-5-21-6-10-23(11-7-21)28-27(33)29-24-12-8-22(9-13-24)25-14-15-26(31-30-25)32-18-16-20(2)17-19-32/h6-15,20H,3-5,16-19H2,1-2H3,(H2,28,29,33). The molecule has 0 radical (unpaired) electrons. The summed E-state index contributed by atoms with van der Waals surface area (Å²) in [4.78, 5) is 14.7. The van der Waals surface area contributed by atoms with Crippen molar-refractivity contribution in [2.45, 2.75) is 46.0 Å². The Morgan fingerprint density at radius 3 is 2.12 bits per heavy atom. The number of anilines is 3. The van der Waals surface area contributed by atoms with Gasteiger partial charge in [-0.3, -0.25) is 0 Å². The topological polar surface area (TPSA) is 70.2 Å². The number of piperidine rings is 1. The second-order valence-corrected chi connectivity index (χ2v) is 8.90. The number of amides is 2. The van der Waals surface area contributed by atoms with E-state index >= 15 is 0 Å². The minimum Gasteiger partial charge on any atom is -0.355 e. The molecule has 1 aliphatic rings. The molecule has 0 aliphatic carbocycles. The Morgan fingerprint density at radius 1 is 0.909 bits per heavy atom. The van der Waals surface area contributed by atoms with Crippen LogP contribution in [0, 0.1) is 5.92 Å². The number of benzene rings is 2. The second-order valence-electron chi connectivity index (χ2n) is 8.90. The fraction of sp³-hybridized carbons (Fsp3) is 0.370. The van der Waals surface area contributed by atoms with Gasteiger partial charge in [-0.15, -0.1) is 10.2 Å². The van der Waals surface area contributed by atoms with Crippen LogP contribution in [0.4, 0.5) is 22.0 Å². The van der Waals surface area contributed by atoms with E-state index in [9.17, 15) is 4.79 Å². The van der Waals surface area contributed by atoms with Crippen molar-refractivity contribution in [1.82, 2.24) is 10.2 Å². The number of aryl methyl sites for hydroxylation is 1. The number of nitrogens with one attached hydrogen (secondary N) is 2. The fourth-order valence-corrected chi connectivity index (χ4v) is 4.04. The summed E-state index contributed by atoms with van der Waals surface area (Å²) in [5.74, 6) is 1.73. The quantitative estimate of drug-likeness (QED) is 0.445. The molecule has 6 heteroatoms. The number of carbonyl (C=O) groups excluding carboxylic acids is 1. The normalized spacial score (nSPS) is 14.2. The van der Waals surface area contributed by atoms with Gasteiger partial charge in [0.05, 0.1) is 5.69 Å². The van der Waals surface area contributed by atoms with E-state index in [2.05, 4.69) is 51.7 Å². The molecule has 0 spiro atoms. The van der Waals surface area contributed by atoms with Gasteiger partial charge in [0.1, 0.15) is 0 Å². The first kappa shape index (κ1) is 22.8. The van der Waals surface area contributed by atoms with Crippen LogP contribution in [0.5, 0.6) is 0 Å². The number of hydrogen-bond donors (Lipinski definition) is 2. The molecule has 0 saturated carbocycles.